The van der Waals surface area contributed by atoms with Gasteiger partial charge in [-0.25, -0.2) is 0 Å². The number of likely N-dealkylation sites (tertiary alicyclic amines) is 1. The molecule has 216 valence electrons. The van der Waals surface area contributed by atoms with Crippen molar-refractivity contribution in [1.29, 1.82) is 0 Å². The first-order valence-electron chi connectivity index (χ1n) is 14.2. The number of rotatable bonds is 12. The van der Waals surface area contributed by atoms with Crippen molar-refractivity contribution in [2.24, 2.45) is 0 Å². The van der Waals surface area contributed by atoms with E-state index in [1.165, 1.54) is 6.08 Å². The van der Waals surface area contributed by atoms with Crippen LogP contribution in [0.1, 0.15) is 37.5 Å². The van der Waals surface area contributed by atoms with E-state index in [9.17, 15) is 9.59 Å². The number of ether oxygens (including phenoxy) is 1. The molecule has 1 N–H and O–H groups in total. The zero-order chi connectivity index (χ0) is 29.7. The normalized spacial score (nSPS) is 17.6. The van der Waals surface area contributed by atoms with Crippen molar-refractivity contribution in [2.75, 3.05) is 19.8 Å². The Kier molecular flexibility index (Phi) is 9.32. The molecule has 1 aliphatic heterocycles. The third-order valence-corrected chi connectivity index (χ3v) is 12.9. The second kappa shape index (κ2) is 12.6. The number of hydrogen-bond donors (Lipinski definition) is 1. The number of hydrogen-bond acceptors (Lipinski definition) is 5. The van der Waals surface area contributed by atoms with Crippen molar-refractivity contribution in [3.8, 4) is 0 Å². The molecule has 0 aromatic heterocycles. The molecule has 0 spiro atoms. The van der Waals surface area contributed by atoms with Crippen LogP contribution in [0.5, 0.6) is 0 Å². The Balaban J connectivity index is 1.77. The van der Waals surface area contributed by atoms with E-state index in [1.54, 1.807) is 4.90 Å². The van der Waals surface area contributed by atoms with Gasteiger partial charge >= 0.3 is 5.97 Å². The van der Waals surface area contributed by atoms with E-state index in [0.29, 0.717) is 6.61 Å². The average molecular weight is 571 g/mol. The topological polar surface area (TPSA) is 67.9 Å². The van der Waals surface area contributed by atoms with Crippen LogP contribution in [0.25, 0.3) is 0 Å². The summed E-state index contributed by atoms with van der Waals surface area (Å²) in [5.41, 5.74) is 2.21. The van der Waals surface area contributed by atoms with Gasteiger partial charge in [0.25, 0.3) is 0 Å². The molecule has 0 saturated carbocycles. The van der Waals surface area contributed by atoms with Gasteiger partial charge in [-0.1, -0.05) is 124 Å². The van der Waals surface area contributed by atoms with Crippen molar-refractivity contribution >= 4 is 20.2 Å². The number of nitrogens with one attached hydrogen (secondary N) is 1. The highest BCUT2D eigenvalue weighted by Gasteiger charge is 2.53. The number of nitrogens with zero attached hydrogens (tertiary/aromatic N) is 1. The summed E-state index contributed by atoms with van der Waals surface area (Å²) in [5.74, 6) is -0.619. The summed E-state index contributed by atoms with van der Waals surface area (Å²) >= 11 is 0. The molecule has 41 heavy (non-hydrogen) atoms. The van der Waals surface area contributed by atoms with E-state index in [0.717, 1.165) is 16.7 Å². The number of β-lactam (4-membered cyclic amide) rings is 1. The van der Waals surface area contributed by atoms with Crippen LogP contribution in [0.3, 0.4) is 0 Å². The zero-order valence-electron chi connectivity index (χ0n) is 24.8. The Morgan fingerprint density at radius 2 is 1.37 bits per heavy atom. The van der Waals surface area contributed by atoms with Crippen LogP contribution >= 0.6 is 0 Å². The van der Waals surface area contributed by atoms with Gasteiger partial charge in [0.05, 0.1) is 18.2 Å². The molecule has 0 aliphatic carbocycles. The van der Waals surface area contributed by atoms with Crippen molar-refractivity contribution in [2.45, 2.75) is 56.5 Å². The number of carbonyl (C=O) groups is 2. The highest BCUT2D eigenvalue weighted by Crippen LogP contribution is 2.40. The molecule has 2 atom stereocenters. The molecule has 4 rings (SSSR count). The summed E-state index contributed by atoms with van der Waals surface area (Å²) in [5, 5.41) is 3.81. The first kappa shape index (κ1) is 30.4. The van der Waals surface area contributed by atoms with Gasteiger partial charge in [0.2, 0.25) is 5.91 Å². The molecular weight excluding hydrogens is 528 g/mol. The molecule has 0 unspecified atom stereocenters. The van der Waals surface area contributed by atoms with Crippen LogP contribution in [0.2, 0.25) is 18.1 Å². The second-order valence-electron chi connectivity index (χ2n) is 12.0. The van der Waals surface area contributed by atoms with Crippen LogP contribution in [-0.4, -0.2) is 56.9 Å². The van der Waals surface area contributed by atoms with E-state index < -0.39 is 25.9 Å². The average Bonchev–Trinajstić information content (AvgIpc) is 2.97. The van der Waals surface area contributed by atoms with Crippen molar-refractivity contribution in [3.05, 3.63) is 120 Å². The van der Waals surface area contributed by atoms with Crippen LogP contribution in [-0.2, 0) is 24.3 Å². The first-order valence-corrected chi connectivity index (χ1v) is 17.1. The second-order valence-corrected chi connectivity index (χ2v) is 16.9. The third-order valence-electron chi connectivity index (χ3n) is 8.41. The third kappa shape index (κ3) is 6.37. The molecule has 7 heteroatoms. The Bertz CT molecular complexity index is 1230. The summed E-state index contributed by atoms with van der Waals surface area (Å²) in [7, 11) is -2.14. The van der Waals surface area contributed by atoms with Gasteiger partial charge in [-0.3, -0.25) is 14.9 Å². The van der Waals surface area contributed by atoms with Gasteiger partial charge in [0, 0.05) is 0 Å². The molecule has 1 aliphatic rings. The molecule has 1 saturated heterocycles. The minimum absolute atomic E-state index is 0.000718. The van der Waals surface area contributed by atoms with E-state index in [1.807, 2.05) is 54.6 Å². The van der Waals surface area contributed by atoms with Crippen LogP contribution in [0.15, 0.2) is 104 Å². The first-order chi connectivity index (χ1) is 19.5. The number of benzene rings is 3. The van der Waals surface area contributed by atoms with Gasteiger partial charge in [-0.05, 0) is 34.8 Å². The molecule has 1 heterocycles. The molecule has 3 aromatic rings. The molecule has 0 bridgehead atoms. The highest BCUT2D eigenvalue weighted by molar-refractivity contribution is 6.74. The van der Waals surface area contributed by atoms with E-state index >= 15 is 0 Å². The lowest BCUT2D eigenvalue weighted by Crippen LogP contribution is -2.75. The van der Waals surface area contributed by atoms with E-state index in [-0.39, 0.29) is 30.1 Å². The predicted octanol–water partition coefficient (Wildman–Crippen LogP) is 5.90. The molecule has 1 fully saturated rings. The predicted molar refractivity (Wildman–Crippen MR) is 166 cm³/mol. The monoisotopic (exact) mass is 570 g/mol. The van der Waals surface area contributed by atoms with Gasteiger partial charge in [-0.2, -0.15) is 0 Å². The lowest BCUT2D eigenvalue weighted by Gasteiger charge is -2.52. The molecule has 3 aromatic carbocycles. The Labute approximate surface area is 245 Å². The van der Waals surface area contributed by atoms with Crippen molar-refractivity contribution < 1.29 is 18.8 Å². The van der Waals surface area contributed by atoms with Crippen molar-refractivity contribution in [3.63, 3.8) is 0 Å². The largest absolute Gasteiger partial charge is 0.460 e. The number of carbonyl (C=O) groups excluding carboxylic acids is 2. The summed E-state index contributed by atoms with van der Waals surface area (Å²) in [4.78, 5) is 28.0. The van der Waals surface area contributed by atoms with Crippen LogP contribution in [0.4, 0.5) is 0 Å². The fourth-order valence-electron chi connectivity index (χ4n) is 5.04. The lowest BCUT2D eigenvalue weighted by molar-refractivity contribution is -0.163. The van der Waals surface area contributed by atoms with Gasteiger partial charge in [-0.15, -0.1) is 0 Å². The maximum atomic E-state index is 13.9. The Morgan fingerprint density at radius 1 is 0.902 bits per heavy atom. The quantitative estimate of drug-likeness (QED) is 0.0966. The lowest BCUT2D eigenvalue weighted by atomic mass is 9.75. The standard InChI is InChI=1S/C34H42N2O4Si/c1-7-23-39-30(37)24-36-29(25-40-41(5,6)33(2,3)4)31(32(36)38)35-34(26-17-11-8-12-18-26,27-19-13-9-14-20-27)28-21-15-10-16-22-28/h7-22,29,31,35H,1,23-25H2,2-6H3/t29-,31+/m1/s1. The smallest absolute Gasteiger partial charge is 0.325 e. The SMILES string of the molecule is C=CCOC(=O)CN1C(=O)[C@@H](NC(c2ccccc2)(c2ccccc2)c2ccccc2)[C@H]1CO[Si](C)(C)C(C)(C)C. The Morgan fingerprint density at radius 3 is 1.78 bits per heavy atom. The summed E-state index contributed by atoms with van der Waals surface area (Å²) in [6.45, 7) is 14.9. The molecule has 6 nitrogen and oxygen atoms in total. The van der Waals surface area contributed by atoms with Crippen LogP contribution < -0.4 is 5.32 Å². The summed E-state index contributed by atoms with van der Waals surface area (Å²) in [6, 6.07) is 29.6. The molecule has 1 amide bonds. The fourth-order valence-corrected chi connectivity index (χ4v) is 6.06. The number of amides is 1. The van der Waals surface area contributed by atoms with E-state index in [4.69, 9.17) is 9.16 Å². The maximum absolute atomic E-state index is 13.9. The molecular formula is C34H42N2O4Si. The molecule has 0 radical (unpaired) electrons. The van der Waals surface area contributed by atoms with E-state index in [2.05, 4.69) is 82.2 Å². The van der Waals surface area contributed by atoms with Gasteiger partial charge in [0.15, 0.2) is 8.32 Å². The fraction of sp³-hybridized carbons (Fsp3) is 0.353. The minimum atomic E-state index is -2.14. The van der Waals surface area contributed by atoms with Crippen LogP contribution in [0, 0.1) is 0 Å². The zero-order valence-corrected chi connectivity index (χ0v) is 25.8. The number of esters is 1. The summed E-state index contributed by atoms with van der Waals surface area (Å²) in [6.07, 6.45) is 1.52. The maximum Gasteiger partial charge on any atom is 0.325 e. The van der Waals surface area contributed by atoms with Gasteiger partial charge < -0.3 is 14.1 Å². The summed E-state index contributed by atoms with van der Waals surface area (Å²) < 4.78 is 11.9. The van der Waals surface area contributed by atoms with Gasteiger partial charge in [0.1, 0.15) is 19.2 Å². The highest BCUT2D eigenvalue weighted by atomic mass is 28.4. The minimum Gasteiger partial charge on any atom is -0.460 e. The van der Waals surface area contributed by atoms with Crippen molar-refractivity contribution in [1.82, 2.24) is 10.2 Å². The Hall–Kier alpha value is -3.52.